The van der Waals surface area contributed by atoms with Crippen LogP contribution in [-0.2, 0) is 0 Å². The Bertz CT molecular complexity index is 554. The Balaban J connectivity index is 2.03. The van der Waals surface area contributed by atoms with E-state index in [0.717, 1.165) is 18.7 Å². The van der Waals surface area contributed by atoms with Gasteiger partial charge in [-0.1, -0.05) is 23.8 Å². The van der Waals surface area contributed by atoms with E-state index in [0.29, 0.717) is 23.6 Å². The number of hydrogen-bond acceptors (Lipinski definition) is 4. The number of benzene rings is 1. The fraction of sp³-hybridized carbons (Fsp3) is 0.467. The Kier molecular flexibility index (Phi) is 4.80. The molecular weight excluding hydrogens is 286 g/mol. The molecule has 114 valence electrons. The predicted octanol–water partition coefficient (Wildman–Crippen LogP) is 1.13. The largest absolute Gasteiger partial charge is 0.507 e. The number of nitrogens with zero attached hydrogens (tertiary/aromatic N) is 2. The van der Waals surface area contributed by atoms with E-state index in [1.165, 1.54) is 0 Å². The quantitative estimate of drug-likeness (QED) is 0.819. The third-order valence-electron chi connectivity index (χ3n) is 3.94. The zero-order valence-electron chi connectivity index (χ0n) is 12.4. The van der Waals surface area contributed by atoms with Gasteiger partial charge in [0, 0.05) is 26.2 Å². The summed E-state index contributed by atoms with van der Waals surface area (Å²) in [7, 11) is 0. The number of phenolic OH excluding ortho intramolecular Hbond substituents is 1. The predicted molar refractivity (Wildman–Crippen MR) is 86.6 cm³/mol. The third kappa shape index (κ3) is 3.51. The summed E-state index contributed by atoms with van der Waals surface area (Å²) in [5.41, 5.74) is 6.99. The molecule has 1 unspecified atom stereocenters. The lowest BCUT2D eigenvalue weighted by molar-refractivity contribution is 0.0618. The molecule has 0 bridgehead atoms. The average Bonchev–Trinajstić information content (AvgIpc) is 2.48. The van der Waals surface area contributed by atoms with Crippen LogP contribution in [0.15, 0.2) is 18.2 Å². The molecule has 1 amide bonds. The van der Waals surface area contributed by atoms with Crippen molar-refractivity contribution in [3.05, 3.63) is 29.3 Å². The Morgan fingerprint density at radius 2 is 1.95 bits per heavy atom. The first-order chi connectivity index (χ1) is 9.90. The molecular formula is C15H21N3O2S. The average molecular weight is 307 g/mol. The standard InChI is InChI=1S/C15H21N3O2S/c1-10-3-4-13(19)12(9-10)15(20)18-7-5-17(6-8-18)11(2)14(16)21/h3-4,9,11,19H,5-8H2,1-2H3,(H2,16,21). The normalized spacial score (nSPS) is 17.5. The first kappa shape index (κ1) is 15.7. The molecule has 0 spiro atoms. The van der Waals surface area contributed by atoms with Crippen LogP contribution >= 0.6 is 12.2 Å². The van der Waals surface area contributed by atoms with E-state index in [2.05, 4.69) is 4.90 Å². The SMILES string of the molecule is Cc1ccc(O)c(C(=O)N2CCN(C(C)C(N)=S)CC2)c1. The van der Waals surface area contributed by atoms with E-state index in [1.807, 2.05) is 13.8 Å². The monoisotopic (exact) mass is 307 g/mol. The fourth-order valence-corrected chi connectivity index (χ4v) is 2.63. The minimum atomic E-state index is -0.126. The summed E-state index contributed by atoms with van der Waals surface area (Å²) in [6, 6.07) is 5.12. The number of aromatic hydroxyl groups is 1. The number of thiocarbonyl (C=S) groups is 1. The van der Waals surface area contributed by atoms with Crippen LogP contribution in [0.4, 0.5) is 0 Å². The van der Waals surface area contributed by atoms with Crippen LogP contribution < -0.4 is 5.73 Å². The van der Waals surface area contributed by atoms with Crippen LogP contribution in [0.25, 0.3) is 0 Å². The van der Waals surface area contributed by atoms with Gasteiger partial charge in [0.25, 0.3) is 5.91 Å². The van der Waals surface area contributed by atoms with E-state index in [1.54, 1.807) is 23.1 Å². The fourth-order valence-electron chi connectivity index (χ4n) is 2.48. The maximum atomic E-state index is 12.5. The van der Waals surface area contributed by atoms with Gasteiger partial charge in [0.15, 0.2) is 0 Å². The summed E-state index contributed by atoms with van der Waals surface area (Å²) in [6.07, 6.45) is 0. The van der Waals surface area contributed by atoms with Gasteiger partial charge in [0.05, 0.1) is 16.6 Å². The number of rotatable bonds is 3. The molecule has 3 N–H and O–H groups in total. The van der Waals surface area contributed by atoms with Crippen molar-refractivity contribution in [3.63, 3.8) is 0 Å². The lowest BCUT2D eigenvalue weighted by Gasteiger charge is -2.37. The highest BCUT2D eigenvalue weighted by Crippen LogP contribution is 2.21. The first-order valence-electron chi connectivity index (χ1n) is 7.02. The topological polar surface area (TPSA) is 69.8 Å². The molecule has 1 heterocycles. The van der Waals surface area contributed by atoms with Gasteiger partial charge in [0.1, 0.15) is 5.75 Å². The summed E-state index contributed by atoms with van der Waals surface area (Å²) in [4.78, 5) is 16.9. The Labute approximate surface area is 130 Å². The molecule has 5 nitrogen and oxygen atoms in total. The van der Waals surface area contributed by atoms with Crippen LogP contribution in [0.1, 0.15) is 22.8 Å². The van der Waals surface area contributed by atoms with Crippen molar-refractivity contribution in [1.82, 2.24) is 9.80 Å². The van der Waals surface area contributed by atoms with Gasteiger partial charge in [-0.25, -0.2) is 0 Å². The van der Waals surface area contributed by atoms with E-state index in [4.69, 9.17) is 18.0 Å². The van der Waals surface area contributed by atoms with Gasteiger partial charge in [-0.15, -0.1) is 0 Å². The van der Waals surface area contributed by atoms with Gasteiger partial charge in [0.2, 0.25) is 0 Å². The Hall–Kier alpha value is -1.66. The lowest BCUT2D eigenvalue weighted by atomic mass is 10.1. The van der Waals surface area contributed by atoms with Gasteiger partial charge < -0.3 is 15.7 Å². The highest BCUT2D eigenvalue weighted by Gasteiger charge is 2.26. The Morgan fingerprint density at radius 3 is 2.52 bits per heavy atom. The molecule has 1 aromatic carbocycles. The molecule has 1 aromatic rings. The number of hydrogen-bond donors (Lipinski definition) is 2. The molecule has 1 saturated heterocycles. The van der Waals surface area contributed by atoms with Crippen LogP contribution in [0.2, 0.25) is 0 Å². The molecule has 0 aliphatic carbocycles. The van der Waals surface area contributed by atoms with Crippen molar-refractivity contribution < 1.29 is 9.90 Å². The number of piperazine rings is 1. The number of nitrogens with two attached hydrogens (primary N) is 1. The summed E-state index contributed by atoms with van der Waals surface area (Å²) < 4.78 is 0. The van der Waals surface area contributed by atoms with Gasteiger partial charge >= 0.3 is 0 Å². The Morgan fingerprint density at radius 1 is 1.33 bits per heavy atom. The summed E-state index contributed by atoms with van der Waals surface area (Å²) >= 11 is 5.01. The van der Waals surface area contributed by atoms with Crippen LogP contribution in [0.5, 0.6) is 5.75 Å². The van der Waals surface area contributed by atoms with E-state index >= 15 is 0 Å². The molecule has 21 heavy (non-hydrogen) atoms. The van der Waals surface area contributed by atoms with Crippen LogP contribution in [0, 0.1) is 6.92 Å². The minimum absolute atomic E-state index is 0.0320. The lowest BCUT2D eigenvalue weighted by Crippen LogP contribution is -2.53. The first-order valence-corrected chi connectivity index (χ1v) is 7.43. The zero-order chi connectivity index (χ0) is 15.6. The van der Waals surface area contributed by atoms with E-state index < -0.39 is 0 Å². The molecule has 0 radical (unpaired) electrons. The number of amides is 1. The van der Waals surface area contributed by atoms with E-state index in [9.17, 15) is 9.90 Å². The van der Waals surface area contributed by atoms with Crippen molar-refractivity contribution in [2.75, 3.05) is 26.2 Å². The maximum absolute atomic E-state index is 12.5. The molecule has 6 heteroatoms. The number of carbonyl (C=O) groups excluding carboxylic acids is 1. The highest BCUT2D eigenvalue weighted by molar-refractivity contribution is 7.80. The number of phenols is 1. The molecule has 1 aliphatic rings. The smallest absolute Gasteiger partial charge is 0.257 e. The summed E-state index contributed by atoms with van der Waals surface area (Å²) in [5.74, 6) is -0.0941. The van der Waals surface area contributed by atoms with Crippen molar-refractivity contribution >= 4 is 23.1 Å². The molecule has 0 saturated carbocycles. The maximum Gasteiger partial charge on any atom is 0.257 e. The van der Waals surface area contributed by atoms with Crippen LogP contribution in [-0.4, -0.2) is 58.0 Å². The van der Waals surface area contributed by atoms with Crippen LogP contribution in [0.3, 0.4) is 0 Å². The van der Waals surface area contributed by atoms with Crippen molar-refractivity contribution in [1.29, 1.82) is 0 Å². The van der Waals surface area contributed by atoms with E-state index in [-0.39, 0.29) is 17.7 Å². The van der Waals surface area contributed by atoms with Gasteiger partial charge in [-0.2, -0.15) is 0 Å². The van der Waals surface area contributed by atoms with Crippen molar-refractivity contribution in [3.8, 4) is 5.75 Å². The third-order valence-corrected chi connectivity index (χ3v) is 4.28. The second kappa shape index (κ2) is 6.41. The number of carbonyl (C=O) groups is 1. The molecule has 1 atom stereocenters. The van der Waals surface area contributed by atoms with Crippen molar-refractivity contribution in [2.24, 2.45) is 5.73 Å². The van der Waals surface area contributed by atoms with Crippen molar-refractivity contribution in [2.45, 2.75) is 19.9 Å². The van der Waals surface area contributed by atoms with Gasteiger partial charge in [-0.05, 0) is 26.0 Å². The molecule has 2 rings (SSSR count). The number of aryl methyl sites for hydroxylation is 1. The second-order valence-electron chi connectivity index (χ2n) is 5.43. The highest BCUT2D eigenvalue weighted by atomic mass is 32.1. The molecule has 1 fully saturated rings. The molecule has 0 aromatic heterocycles. The van der Waals surface area contributed by atoms with Gasteiger partial charge in [-0.3, -0.25) is 9.69 Å². The molecule has 1 aliphatic heterocycles. The summed E-state index contributed by atoms with van der Waals surface area (Å²) in [6.45, 7) is 6.57. The zero-order valence-corrected chi connectivity index (χ0v) is 13.2. The minimum Gasteiger partial charge on any atom is -0.507 e. The summed E-state index contributed by atoms with van der Waals surface area (Å²) in [5, 5.41) is 9.86. The second-order valence-corrected chi connectivity index (χ2v) is 5.90.